The first-order chi connectivity index (χ1) is 9.72. The summed E-state index contributed by atoms with van der Waals surface area (Å²) >= 11 is 0. The van der Waals surface area contributed by atoms with E-state index in [1.807, 2.05) is 0 Å². The number of aryl methyl sites for hydroxylation is 1. The number of amides is 1. The quantitative estimate of drug-likeness (QED) is 0.643. The maximum atomic E-state index is 12.2. The number of nitro groups is 1. The number of rotatable bonds is 6. The summed E-state index contributed by atoms with van der Waals surface area (Å²) in [6.45, 7) is 10.9. The van der Waals surface area contributed by atoms with Crippen LogP contribution in [0.15, 0.2) is 18.2 Å². The summed E-state index contributed by atoms with van der Waals surface area (Å²) in [6.07, 6.45) is 0. The van der Waals surface area contributed by atoms with E-state index in [9.17, 15) is 14.9 Å². The Hall–Kier alpha value is -1.91. The van der Waals surface area contributed by atoms with Gasteiger partial charge < -0.3 is 5.32 Å². The SMILES string of the molecule is Cc1cc(C(=O)NCC(C(C)C)C(C)C)cc([N+](=O)[O-])c1. The monoisotopic (exact) mass is 292 g/mol. The third kappa shape index (κ3) is 4.85. The molecule has 0 saturated carbocycles. The summed E-state index contributed by atoms with van der Waals surface area (Å²) in [5.74, 6) is 1.07. The van der Waals surface area contributed by atoms with Gasteiger partial charge in [0.1, 0.15) is 0 Å². The number of nitrogens with one attached hydrogen (secondary N) is 1. The molecule has 0 aromatic heterocycles. The molecular formula is C16H24N2O3. The normalized spacial score (nSPS) is 11.2. The molecule has 5 nitrogen and oxygen atoms in total. The van der Waals surface area contributed by atoms with E-state index in [-0.39, 0.29) is 11.6 Å². The van der Waals surface area contributed by atoms with E-state index in [1.165, 1.54) is 12.1 Å². The zero-order chi connectivity index (χ0) is 16.2. The first kappa shape index (κ1) is 17.1. The molecule has 0 unspecified atom stereocenters. The predicted octanol–water partition coefficient (Wildman–Crippen LogP) is 3.56. The number of hydrogen-bond donors (Lipinski definition) is 1. The minimum Gasteiger partial charge on any atom is -0.352 e. The van der Waals surface area contributed by atoms with Gasteiger partial charge in [-0.25, -0.2) is 0 Å². The highest BCUT2D eigenvalue weighted by Crippen LogP contribution is 2.20. The minimum absolute atomic E-state index is 0.0515. The van der Waals surface area contributed by atoms with Gasteiger partial charge >= 0.3 is 0 Å². The van der Waals surface area contributed by atoms with Gasteiger partial charge in [0.05, 0.1) is 4.92 Å². The lowest BCUT2D eigenvalue weighted by molar-refractivity contribution is -0.384. The number of carbonyl (C=O) groups excluding carboxylic acids is 1. The molecule has 21 heavy (non-hydrogen) atoms. The van der Waals surface area contributed by atoms with Crippen LogP contribution < -0.4 is 5.32 Å². The fraction of sp³-hybridized carbons (Fsp3) is 0.562. The summed E-state index contributed by atoms with van der Waals surface area (Å²) in [4.78, 5) is 22.6. The molecule has 0 radical (unpaired) electrons. The highest BCUT2D eigenvalue weighted by molar-refractivity contribution is 5.95. The van der Waals surface area contributed by atoms with E-state index >= 15 is 0 Å². The van der Waals surface area contributed by atoms with E-state index in [0.717, 1.165) is 0 Å². The number of nitro benzene ring substituents is 1. The molecule has 0 aliphatic heterocycles. The summed E-state index contributed by atoms with van der Waals surface area (Å²) in [7, 11) is 0. The van der Waals surface area contributed by atoms with E-state index in [4.69, 9.17) is 0 Å². The summed E-state index contributed by atoms with van der Waals surface area (Å²) in [5, 5.41) is 13.7. The van der Waals surface area contributed by atoms with Crippen LogP contribution in [0.5, 0.6) is 0 Å². The fourth-order valence-corrected chi connectivity index (χ4v) is 2.55. The van der Waals surface area contributed by atoms with Crippen LogP contribution in [0.1, 0.15) is 43.6 Å². The van der Waals surface area contributed by atoms with Crippen LogP contribution in [-0.4, -0.2) is 17.4 Å². The molecule has 5 heteroatoms. The maximum absolute atomic E-state index is 12.2. The molecule has 116 valence electrons. The Morgan fingerprint density at radius 1 is 1.19 bits per heavy atom. The van der Waals surface area contributed by atoms with Crippen LogP contribution in [0.25, 0.3) is 0 Å². The number of nitrogens with zero attached hydrogens (tertiary/aromatic N) is 1. The lowest BCUT2D eigenvalue weighted by Gasteiger charge is -2.25. The van der Waals surface area contributed by atoms with Crippen molar-refractivity contribution in [2.24, 2.45) is 17.8 Å². The molecule has 1 rings (SSSR count). The van der Waals surface area contributed by atoms with E-state index < -0.39 is 4.92 Å². The van der Waals surface area contributed by atoms with Gasteiger partial charge in [0.2, 0.25) is 0 Å². The van der Waals surface area contributed by atoms with Crippen molar-refractivity contribution in [3.63, 3.8) is 0 Å². The second-order valence-electron chi connectivity index (χ2n) is 6.18. The van der Waals surface area contributed by atoms with E-state index in [0.29, 0.717) is 35.4 Å². The van der Waals surface area contributed by atoms with Crippen molar-refractivity contribution in [2.75, 3.05) is 6.54 Å². The van der Waals surface area contributed by atoms with Crippen molar-refractivity contribution in [1.29, 1.82) is 0 Å². The molecule has 0 heterocycles. The van der Waals surface area contributed by atoms with Crippen molar-refractivity contribution >= 4 is 11.6 Å². The average molecular weight is 292 g/mol. The second-order valence-corrected chi connectivity index (χ2v) is 6.18. The number of benzene rings is 1. The summed E-state index contributed by atoms with van der Waals surface area (Å²) in [6, 6.07) is 4.45. The van der Waals surface area contributed by atoms with Gasteiger partial charge in [0.15, 0.2) is 0 Å². The van der Waals surface area contributed by atoms with Gasteiger partial charge in [-0.1, -0.05) is 27.7 Å². The molecule has 0 atom stereocenters. The maximum Gasteiger partial charge on any atom is 0.270 e. The molecule has 0 spiro atoms. The van der Waals surface area contributed by atoms with E-state index in [2.05, 4.69) is 33.0 Å². The third-order valence-corrected chi connectivity index (χ3v) is 3.75. The minimum atomic E-state index is -0.477. The Kier molecular flexibility index (Phi) is 5.88. The lowest BCUT2D eigenvalue weighted by Crippen LogP contribution is -2.34. The highest BCUT2D eigenvalue weighted by atomic mass is 16.6. The molecular weight excluding hydrogens is 268 g/mol. The van der Waals surface area contributed by atoms with Gasteiger partial charge in [-0.2, -0.15) is 0 Å². The van der Waals surface area contributed by atoms with Crippen LogP contribution in [0.3, 0.4) is 0 Å². The van der Waals surface area contributed by atoms with Gasteiger partial charge in [-0.15, -0.1) is 0 Å². The molecule has 0 fully saturated rings. The molecule has 0 bridgehead atoms. The van der Waals surface area contributed by atoms with Gasteiger partial charge in [0.25, 0.3) is 11.6 Å². The number of hydrogen-bond acceptors (Lipinski definition) is 3. The Labute approximate surface area is 125 Å². The van der Waals surface area contributed by atoms with Crippen LogP contribution in [0.2, 0.25) is 0 Å². The van der Waals surface area contributed by atoms with Crippen molar-refractivity contribution in [1.82, 2.24) is 5.32 Å². The first-order valence-electron chi connectivity index (χ1n) is 7.26. The van der Waals surface area contributed by atoms with Crippen LogP contribution in [-0.2, 0) is 0 Å². The smallest absolute Gasteiger partial charge is 0.270 e. The molecule has 1 amide bonds. The molecule has 1 aromatic rings. The van der Waals surface area contributed by atoms with Crippen molar-refractivity contribution in [2.45, 2.75) is 34.6 Å². The zero-order valence-corrected chi connectivity index (χ0v) is 13.3. The zero-order valence-electron chi connectivity index (χ0n) is 13.3. The first-order valence-corrected chi connectivity index (χ1v) is 7.26. The summed E-state index contributed by atoms with van der Waals surface area (Å²) in [5.41, 5.74) is 0.996. The molecule has 0 saturated heterocycles. The lowest BCUT2D eigenvalue weighted by atomic mass is 9.85. The fourth-order valence-electron chi connectivity index (χ4n) is 2.55. The molecule has 0 aliphatic carbocycles. The van der Waals surface area contributed by atoms with Gasteiger partial charge in [0, 0.05) is 24.2 Å². The molecule has 1 aromatic carbocycles. The number of carbonyl (C=O) groups is 1. The van der Waals surface area contributed by atoms with Crippen molar-refractivity contribution in [3.05, 3.63) is 39.4 Å². The van der Waals surface area contributed by atoms with Crippen molar-refractivity contribution < 1.29 is 9.72 Å². The van der Waals surface area contributed by atoms with E-state index in [1.54, 1.807) is 13.0 Å². The van der Waals surface area contributed by atoms with Gasteiger partial charge in [-0.05, 0) is 36.3 Å². The topological polar surface area (TPSA) is 72.2 Å². The van der Waals surface area contributed by atoms with Crippen LogP contribution in [0, 0.1) is 34.8 Å². The van der Waals surface area contributed by atoms with Gasteiger partial charge in [-0.3, -0.25) is 14.9 Å². The predicted molar refractivity (Wildman–Crippen MR) is 83.3 cm³/mol. The standard InChI is InChI=1S/C16H24N2O3/c1-10(2)15(11(3)4)9-17-16(19)13-6-12(5)7-14(8-13)18(20)21/h6-8,10-11,15H,9H2,1-5H3,(H,17,19). The average Bonchev–Trinajstić information content (AvgIpc) is 2.36. The Morgan fingerprint density at radius 2 is 1.76 bits per heavy atom. The molecule has 0 aliphatic rings. The summed E-state index contributed by atoms with van der Waals surface area (Å²) < 4.78 is 0. The second kappa shape index (κ2) is 7.20. The highest BCUT2D eigenvalue weighted by Gasteiger charge is 2.19. The van der Waals surface area contributed by atoms with Crippen molar-refractivity contribution in [3.8, 4) is 0 Å². The Morgan fingerprint density at radius 3 is 2.24 bits per heavy atom. The number of non-ortho nitro benzene ring substituents is 1. The largest absolute Gasteiger partial charge is 0.352 e. The third-order valence-electron chi connectivity index (χ3n) is 3.75. The van der Waals surface area contributed by atoms with Crippen LogP contribution in [0.4, 0.5) is 5.69 Å². The molecule has 1 N–H and O–H groups in total. The Bertz CT molecular complexity index is 516. The van der Waals surface area contributed by atoms with Crippen LogP contribution >= 0.6 is 0 Å². The Balaban J connectivity index is 2.82.